The van der Waals surface area contributed by atoms with Gasteiger partial charge in [0.2, 0.25) is 5.89 Å². The van der Waals surface area contributed by atoms with Gasteiger partial charge < -0.3 is 9.73 Å². The summed E-state index contributed by atoms with van der Waals surface area (Å²) in [6.07, 6.45) is 1.07. The molecular weight excluding hydrogens is 486 g/mol. The molecule has 7 heteroatoms. The average molecular weight is 508 g/mol. The van der Waals surface area contributed by atoms with E-state index in [1.807, 2.05) is 36.4 Å². The van der Waals surface area contributed by atoms with Gasteiger partial charge in [0.25, 0.3) is 5.91 Å². The van der Waals surface area contributed by atoms with Crippen LogP contribution in [0, 0.1) is 0 Å². The van der Waals surface area contributed by atoms with E-state index < -0.39 is 0 Å². The van der Waals surface area contributed by atoms with Crippen LogP contribution in [0.1, 0.15) is 42.1 Å². The van der Waals surface area contributed by atoms with Gasteiger partial charge in [-0.2, -0.15) is 0 Å². The van der Waals surface area contributed by atoms with E-state index in [1.165, 1.54) is 5.56 Å². The Kier molecular flexibility index (Phi) is 6.67. The number of oxazole rings is 1. The van der Waals surface area contributed by atoms with Gasteiger partial charge in [0.1, 0.15) is 5.52 Å². The Balaban J connectivity index is 1.50. The molecule has 0 aliphatic carbocycles. The predicted molar refractivity (Wildman–Crippen MR) is 136 cm³/mol. The molecule has 1 amide bonds. The number of hydrogen-bond acceptors (Lipinski definition) is 4. The van der Waals surface area contributed by atoms with E-state index in [0.29, 0.717) is 21.8 Å². The van der Waals surface area contributed by atoms with Crippen LogP contribution in [-0.2, 0) is 0 Å². The molecule has 32 heavy (non-hydrogen) atoms. The minimum atomic E-state index is -0.290. The van der Waals surface area contributed by atoms with Crippen LogP contribution in [-0.4, -0.2) is 16.0 Å². The third-order valence-corrected chi connectivity index (χ3v) is 6.20. The number of halogens is 1. The lowest BCUT2D eigenvalue weighted by Gasteiger charge is -2.11. The molecular formula is C25H22BrN3O2S. The van der Waals surface area contributed by atoms with Crippen LogP contribution in [0.5, 0.6) is 0 Å². The van der Waals surface area contributed by atoms with E-state index in [2.05, 4.69) is 57.5 Å². The second-order valence-corrected chi connectivity index (χ2v) is 8.79. The smallest absolute Gasteiger partial charge is 0.258 e. The number of nitrogens with zero attached hydrogens (tertiary/aromatic N) is 1. The number of thiocarbonyl (C=S) groups is 1. The number of anilines is 1. The normalized spacial score (nSPS) is 11.8. The molecule has 1 atom stereocenters. The number of hydrogen-bond donors (Lipinski definition) is 2. The van der Waals surface area contributed by atoms with Crippen molar-refractivity contribution in [2.45, 2.75) is 26.2 Å². The van der Waals surface area contributed by atoms with Crippen molar-refractivity contribution in [3.63, 3.8) is 0 Å². The van der Waals surface area contributed by atoms with Crippen LogP contribution in [0.15, 0.2) is 75.6 Å². The summed E-state index contributed by atoms with van der Waals surface area (Å²) in [6, 6.07) is 20.9. The highest BCUT2D eigenvalue weighted by molar-refractivity contribution is 9.10. The molecule has 0 saturated carbocycles. The second-order valence-electron chi connectivity index (χ2n) is 7.52. The van der Waals surface area contributed by atoms with Crippen molar-refractivity contribution in [1.29, 1.82) is 0 Å². The van der Waals surface area contributed by atoms with E-state index in [9.17, 15) is 4.79 Å². The van der Waals surface area contributed by atoms with Crippen LogP contribution in [0.3, 0.4) is 0 Å². The zero-order chi connectivity index (χ0) is 22.7. The lowest BCUT2D eigenvalue weighted by atomic mass is 9.98. The number of amides is 1. The maximum atomic E-state index is 12.5. The minimum absolute atomic E-state index is 0.207. The Bertz CT molecular complexity index is 1300. The summed E-state index contributed by atoms with van der Waals surface area (Å²) < 4.78 is 6.67. The predicted octanol–water partition coefficient (Wildman–Crippen LogP) is 6.90. The average Bonchev–Trinajstić information content (AvgIpc) is 3.22. The molecule has 3 aromatic carbocycles. The van der Waals surface area contributed by atoms with Gasteiger partial charge in [-0.05, 0) is 88.5 Å². The zero-order valence-electron chi connectivity index (χ0n) is 17.7. The lowest BCUT2D eigenvalue weighted by Crippen LogP contribution is -2.34. The lowest BCUT2D eigenvalue weighted by molar-refractivity contribution is 0.0977. The summed E-state index contributed by atoms with van der Waals surface area (Å²) in [7, 11) is 0. The van der Waals surface area contributed by atoms with Crippen LogP contribution < -0.4 is 10.6 Å². The highest BCUT2D eigenvalue weighted by atomic mass is 79.9. The quantitative estimate of drug-likeness (QED) is 0.287. The van der Waals surface area contributed by atoms with Gasteiger partial charge in [0.15, 0.2) is 10.7 Å². The van der Waals surface area contributed by atoms with Gasteiger partial charge in [-0.3, -0.25) is 10.1 Å². The molecule has 0 aliphatic rings. The first-order chi connectivity index (χ1) is 15.4. The first-order valence-corrected chi connectivity index (χ1v) is 11.5. The molecule has 0 unspecified atom stereocenters. The van der Waals surface area contributed by atoms with Gasteiger partial charge >= 0.3 is 0 Å². The number of benzene rings is 3. The Morgan fingerprint density at radius 2 is 1.94 bits per heavy atom. The van der Waals surface area contributed by atoms with E-state index in [4.69, 9.17) is 16.6 Å². The Hall–Kier alpha value is -3.03. The fourth-order valence-electron chi connectivity index (χ4n) is 3.32. The number of carbonyl (C=O) groups excluding carboxylic acids is 1. The van der Waals surface area contributed by atoms with E-state index in [-0.39, 0.29) is 11.0 Å². The third-order valence-electron chi connectivity index (χ3n) is 5.31. The van der Waals surface area contributed by atoms with Crippen LogP contribution in [0.4, 0.5) is 5.69 Å². The fraction of sp³-hybridized carbons (Fsp3) is 0.160. The minimum Gasteiger partial charge on any atom is -0.436 e. The largest absolute Gasteiger partial charge is 0.436 e. The van der Waals surface area contributed by atoms with E-state index in [1.54, 1.807) is 18.2 Å². The van der Waals surface area contributed by atoms with Crippen molar-refractivity contribution in [3.05, 3.63) is 82.3 Å². The van der Waals surface area contributed by atoms with Crippen LogP contribution in [0.2, 0.25) is 0 Å². The maximum absolute atomic E-state index is 12.5. The van der Waals surface area contributed by atoms with Crippen LogP contribution >= 0.6 is 28.1 Å². The standard InChI is InChI=1S/C25H22BrN3O2S/c1-3-15(2)16-11-12-22-21(14-16)28-24(31-22)17-7-6-8-18(13-17)27-25(32)29-23(30)19-9-4-5-10-20(19)26/h4-15H,3H2,1-2H3,(H2,27,29,30,32)/t15-/m0/s1. The summed E-state index contributed by atoms with van der Waals surface area (Å²) in [4.78, 5) is 17.1. The van der Waals surface area contributed by atoms with Crippen molar-refractivity contribution < 1.29 is 9.21 Å². The van der Waals surface area contributed by atoms with E-state index >= 15 is 0 Å². The molecule has 4 aromatic rings. The molecule has 1 heterocycles. The molecule has 0 spiro atoms. The summed E-state index contributed by atoms with van der Waals surface area (Å²) in [6.45, 7) is 4.38. The Morgan fingerprint density at radius 3 is 2.72 bits per heavy atom. The summed E-state index contributed by atoms with van der Waals surface area (Å²) in [5.74, 6) is 0.718. The highest BCUT2D eigenvalue weighted by Crippen LogP contribution is 2.29. The number of carbonyl (C=O) groups is 1. The third kappa shape index (κ3) is 4.89. The molecule has 162 valence electrons. The van der Waals surface area contributed by atoms with Crippen LogP contribution in [0.25, 0.3) is 22.6 Å². The Labute approximate surface area is 200 Å². The molecule has 0 fully saturated rings. The first-order valence-electron chi connectivity index (χ1n) is 10.3. The summed E-state index contributed by atoms with van der Waals surface area (Å²) in [5.41, 5.74) is 4.89. The van der Waals surface area contributed by atoms with Gasteiger partial charge in [0.05, 0.1) is 5.56 Å². The second kappa shape index (κ2) is 9.63. The molecule has 0 saturated heterocycles. The zero-order valence-corrected chi connectivity index (χ0v) is 20.1. The molecule has 0 bridgehead atoms. The molecule has 0 aliphatic heterocycles. The van der Waals surface area contributed by atoms with Crippen molar-refractivity contribution in [3.8, 4) is 11.5 Å². The number of rotatable bonds is 5. The van der Waals surface area contributed by atoms with Crippen molar-refractivity contribution >= 4 is 56.0 Å². The molecule has 0 radical (unpaired) electrons. The monoisotopic (exact) mass is 507 g/mol. The van der Waals surface area contributed by atoms with Gasteiger partial charge in [-0.1, -0.05) is 38.1 Å². The molecule has 1 aromatic heterocycles. The topological polar surface area (TPSA) is 67.2 Å². The van der Waals surface area contributed by atoms with Gasteiger partial charge in [0, 0.05) is 15.7 Å². The van der Waals surface area contributed by atoms with Crippen molar-refractivity contribution in [2.75, 3.05) is 5.32 Å². The van der Waals surface area contributed by atoms with Crippen molar-refractivity contribution in [2.24, 2.45) is 0 Å². The van der Waals surface area contributed by atoms with Crippen molar-refractivity contribution in [1.82, 2.24) is 10.3 Å². The fourth-order valence-corrected chi connectivity index (χ4v) is 3.99. The SMILES string of the molecule is CC[C@H](C)c1ccc2oc(-c3cccc(NC(=S)NC(=O)c4ccccc4Br)c3)nc2c1. The number of aromatic nitrogens is 1. The summed E-state index contributed by atoms with van der Waals surface area (Å²) in [5, 5.41) is 5.96. The summed E-state index contributed by atoms with van der Waals surface area (Å²) >= 11 is 8.70. The van der Waals surface area contributed by atoms with Gasteiger partial charge in [-0.15, -0.1) is 0 Å². The molecule has 4 rings (SSSR count). The highest BCUT2D eigenvalue weighted by Gasteiger charge is 2.13. The maximum Gasteiger partial charge on any atom is 0.258 e. The number of nitrogens with one attached hydrogen (secondary N) is 2. The molecule has 2 N–H and O–H groups in total. The molecule has 5 nitrogen and oxygen atoms in total. The first kappa shape index (κ1) is 22.2. The Morgan fingerprint density at radius 1 is 1.12 bits per heavy atom. The van der Waals surface area contributed by atoms with Gasteiger partial charge in [-0.25, -0.2) is 4.98 Å². The number of fused-ring (bicyclic) bond motifs is 1. The van der Waals surface area contributed by atoms with E-state index in [0.717, 1.165) is 28.8 Å².